The van der Waals surface area contributed by atoms with E-state index in [9.17, 15) is 31.2 Å². The van der Waals surface area contributed by atoms with Crippen molar-refractivity contribution >= 4 is 27.5 Å². The van der Waals surface area contributed by atoms with Gasteiger partial charge in [0.2, 0.25) is 11.8 Å². The second-order valence-corrected chi connectivity index (χ2v) is 12.0. The average Bonchev–Trinajstić information content (AvgIpc) is 2.95. The van der Waals surface area contributed by atoms with Gasteiger partial charge in [-0.3, -0.25) is 13.9 Å². The Morgan fingerprint density at radius 1 is 0.905 bits per heavy atom. The first-order chi connectivity index (χ1) is 19.8. The summed E-state index contributed by atoms with van der Waals surface area (Å²) in [4.78, 5) is 28.4. The Bertz CT molecular complexity index is 1460. The Labute approximate surface area is 245 Å². The van der Waals surface area contributed by atoms with Crippen molar-refractivity contribution in [3.63, 3.8) is 0 Å². The van der Waals surface area contributed by atoms with Crippen LogP contribution in [0.25, 0.3) is 0 Å². The molecule has 0 fully saturated rings. The number of amides is 2. The van der Waals surface area contributed by atoms with Crippen LogP contribution in [0.2, 0.25) is 0 Å². The quantitative estimate of drug-likeness (QED) is 0.278. The van der Waals surface area contributed by atoms with Crippen LogP contribution >= 0.6 is 0 Å². The summed E-state index contributed by atoms with van der Waals surface area (Å²) in [7, 11) is -4.49. The van der Waals surface area contributed by atoms with Gasteiger partial charge in [0, 0.05) is 12.6 Å². The number of carbonyl (C=O) groups is 2. The van der Waals surface area contributed by atoms with Gasteiger partial charge in [0.1, 0.15) is 12.6 Å². The molecule has 0 heterocycles. The third kappa shape index (κ3) is 8.12. The van der Waals surface area contributed by atoms with Crippen molar-refractivity contribution in [2.75, 3.05) is 10.8 Å². The number of nitrogens with one attached hydrogen (secondary N) is 1. The highest BCUT2D eigenvalue weighted by molar-refractivity contribution is 7.92. The fraction of sp³-hybridized carbons (Fsp3) is 0.355. The van der Waals surface area contributed by atoms with E-state index in [0.29, 0.717) is 22.4 Å². The molecule has 0 saturated carbocycles. The molecule has 42 heavy (non-hydrogen) atoms. The molecule has 0 saturated heterocycles. The number of benzene rings is 3. The van der Waals surface area contributed by atoms with Crippen LogP contribution in [-0.4, -0.2) is 43.8 Å². The normalized spacial score (nSPS) is 13.2. The van der Waals surface area contributed by atoms with Crippen molar-refractivity contribution in [1.82, 2.24) is 10.2 Å². The molecule has 0 aromatic heterocycles. The monoisotopic (exact) mass is 603 g/mol. The molecule has 3 aromatic carbocycles. The minimum atomic E-state index is -4.74. The lowest BCUT2D eigenvalue weighted by molar-refractivity contribution is -0.140. The molecule has 2 amide bonds. The van der Waals surface area contributed by atoms with Crippen molar-refractivity contribution in [2.24, 2.45) is 0 Å². The number of halogens is 3. The number of hydrogen-bond donors (Lipinski definition) is 1. The number of alkyl halides is 3. The average molecular weight is 604 g/mol. The van der Waals surface area contributed by atoms with E-state index in [4.69, 9.17) is 0 Å². The van der Waals surface area contributed by atoms with Crippen LogP contribution < -0.4 is 9.62 Å². The summed E-state index contributed by atoms with van der Waals surface area (Å²) >= 11 is 0. The summed E-state index contributed by atoms with van der Waals surface area (Å²) in [6.45, 7) is 6.41. The number of aryl methyl sites for hydroxylation is 1. The number of hydrogen-bond acceptors (Lipinski definition) is 4. The van der Waals surface area contributed by atoms with Gasteiger partial charge in [-0.1, -0.05) is 67.9 Å². The van der Waals surface area contributed by atoms with Crippen LogP contribution in [0.3, 0.4) is 0 Å². The molecule has 0 aliphatic rings. The summed E-state index contributed by atoms with van der Waals surface area (Å²) in [5.41, 5.74) is 0.100. The van der Waals surface area contributed by atoms with Gasteiger partial charge in [-0.05, 0) is 62.6 Å². The predicted octanol–water partition coefficient (Wildman–Crippen LogP) is 5.93. The van der Waals surface area contributed by atoms with Gasteiger partial charge in [0.25, 0.3) is 10.0 Å². The minimum Gasteiger partial charge on any atom is -0.352 e. The van der Waals surface area contributed by atoms with E-state index in [1.54, 1.807) is 56.3 Å². The molecule has 0 bridgehead atoms. The van der Waals surface area contributed by atoms with E-state index in [-0.39, 0.29) is 29.6 Å². The third-order valence-corrected chi connectivity index (χ3v) is 8.72. The van der Waals surface area contributed by atoms with E-state index < -0.39 is 46.2 Å². The number of anilines is 1. The van der Waals surface area contributed by atoms with Gasteiger partial charge < -0.3 is 10.2 Å². The second kappa shape index (κ2) is 13.9. The Balaban J connectivity index is 2.11. The molecule has 1 N–H and O–H groups in total. The van der Waals surface area contributed by atoms with Gasteiger partial charge in [0.15, 0.2) is 0 Å². The third-order valence-electron chi connectivity index (χ3n) is 6.93. The maximum Gasteiger partial charge on any atom is 0.416 e. The first kappa shape index (κ1) is 32.7. The smallest absolute Gasteiger partial charge is 0.352 e. The summed E-state index contributed by atoms with van der Waals surface area (Å²) < 4.78 is 69.3. The lowest BCUT2D eigenvalue weighted by Gasteiger charge is -2.34. The van der Waals surface area contributed by atoms with Crippen LogP contribution in [0.1, 0.15) is 50.3 Å². The molecule has 3 rings (SSSR count). The molecule has 7 nitrogen and oxygen atoms in total. The first-order valence-electron chi connectivity index (χ1n) is 13.7. The summed E-state index contributed by atoms with van der Waals surface area (Å²) in [6, 6.07) is 17.4. The van der Waals surface area contributed by atoms with Crippen LogP contribution in [0, 0.1) is 6.92 Å². The zero-order chi connectivity index (χ0) is 31.1. The fourth-order valence-electron chi connectivity index (χ4n) is 4.34. The number of sulfonamides is 1. The molecule has 0 unspecified atom stereocenters. The van der Waals surface area contributed by atoms with Crippen molar-refractivity contribution < 1.29 is 31.2 Å². The topological polar surface area (TPSA) is 86.8 Å². The van der Waals surface area contributed by atoms with Crippen LogP contribution in [0.15, 0.2) is 83.8 Å². The van der Waals surface area contributed by atoms with Gasteiger partial charge >= 0.3 is 6.18 Å². The van der Waals surface area contributed by atoms with Gasteiger partial charge in [-0.2, -0.15) is 13.2 Å². The maximum absolute atomic E-state index is 14.0. The molecule has 226 valence electrons. The summed E-state index contributed by atoms with van der Waals surface area (Å²) in [6.07, 6.45) is -3.85. The van der Waals surface area contributed by atoms with Gasteiger partial charge in [0.05, 0.1) is 16.1 Å². The fourth-order valence-corrected chi connectivity index (χ4v) is 5.75. The highest BCUT2D eigenvalue weighted by Crippen LogP contribution is 2.33. The summed E-state index contributed by atoms with van der Waals surface area (Å²) in [5, 5.41) is 2.88. The Morgan fingerprint density at radius 3 is 2.12 bits per heavy atom. The second-order valence-electron chi connectivity index (χ2n) is 10.1. The SMILES string of the molecule is CC[C@@H](C)NC(=O)[C@H](CC)N(Cc1ccccc1)C(=O)CN(c1cccc(C(F)(F)F)c1)S(=O)(=O)c1ccc(C)cc1. The van der Waals surface area contributed by atoms with E-state index >= 15 is 0 Å². The van der Waals surface area contributed by atoms with E-state index in [1.165, 1.54) is 23.1 Å². The molecule has 0 aliphatic carbocycles. The molecule has 11 heteroatoms. The molecule has 0 spiro atoms. The molecule has 3 aromatic rings. The van der Waals surface area contributed by atoms with Crippen molar-refractivity contribution in [2.45, 2.75) is 70.2 Å². The molecule has 0 aliphatic heterocycles. The highest BCUT2D eigenvalue weighted by atomic mass is 32.2. The van der Waals surface area contributed by atoms with Crippen LogP contribution in [0.5, 0.6) is 0 Å². The van der Waals surface area contributed by atoms with E-state index in [0.717, 1.165) is 17.7 Å². The molecular weight excluding hydrogens is 567 g/mol. The van der Waals surface area contributed by atoms with Crippen LogP contribution in [-0.2, 0) is 32.3 Å². The van der Waals surface area contributed by atoms with Gasteiger partial charge in [-0.15, -0.1) is 0 Å². The molecular formula is C31H36F3N3O4S. The zero-order valence-electron chi connectivity index (χ0n) is 24.1. The minimum absolute atomic E-state index is 0.00683. The number of carbonyl (C=O) groups excluding carboxylic acids is 2. The van der Waals surface area contributed by atoms with Crippen molar-refractivity contribution in [3.05, 3.63) is 95.6 Å². The molecule has 2 atom stereocenters. The Kier molecular flexibility index (Phi) is 10.8. The standard InChI is InChI=1S/C31H36F3N3O4S/c1-5-23(4)35-30(39)28(6-2)36(20-24-11-8-7-9-12-24)29(38)21-37(26-14-10-13-25(19-26)31(32,33)34)42(40,41)27-17-15-22(3)16-18-27/h7-19,23,28H,5-6,20-21H2,1-4H3,(H,35,39)/t23-,28+/m1/s1. The van der Waals surface area contributed by atoms with E-state index in [2.05, 4.69) is 5.32 Å². The lowest BCUT2D eigenvalue weighted by Crippen LogP contribution is -2.53. The van der Waals surface area contributed by atoms with Crippen molar-refractivity contribution in [1.29, 1.82) is 0 Å². The molecule has 0 radical (unpaired) electrons. The predicted molar refractivity (Wildman–Crippen MR) is 156 cm³/mol. The Hall–Kier alpha value is -3.86. The number of nitrogens with zero attached hydrogens (tertiary/aromatic N) is 2. The summed E-state index contributed by atoms with van der Waals surface area (Å²) in [5.74, 6) is -1.14. The number of rotatable bonds is 12. The highest BCUT2D eigenvalue weighted by Gasteiger charge is 2.36. The zero-order valence-corrected chi connectivity index (χ0v) is 24.9. The Morgan fingerprint density at radius 2 is 1.55 bits per heavy atom. The maximum atomic E-state index is 14.0. The first-order valence-corrected chi connectivity index (χ1v) is 15.1. The largest absolute Gasteiger partial charge is 0.416 e. The van der Waals surface area contributed by atoms with Crippen molar-refractivity contribution in [3.8, 4) is 0 Å². The van der Waals surface area contributed by atoms with Crippen LogP contribution in [0.4, 0.5) is 18.9 Å². The lowest BCUT2D eigenvalue weighted by atomic mass is 10.1. The van der Waals surface area contributed by atoms with Gasteiger partial charge in [-0.25, -0.2) is 8.42 Å². The van der Waals surface area contributed by atoms with E-state index in [1.807, 2.05) is 13.8 Å².